The largest absolute Gasteiger partial charge is 0.504 e. The number of fused-ring (bicyclic) bond motifs is 1. The summed E-state index contributed by atoms with van der Waals surface area (Å²) in [4.78, 5) is 0. The van der Waals surface area contributed by atoms with Crippen molar-refractivity contribution in [1.82, 2.24) is 5.32 Å². The predicted molar refractivity (Wildman–Crippen MR) is 78.8 cm³/mol. The molecule has 0 aliphatic carbocycles. The molecule has 1 atom stereocenters. The number of aryl methyl sites for hydroxylation is 1. The highest BCUT2D eigenvalue weighted by Crippen LogP contribution is 2.34. The van der Waals surface area contributed by atoms with Crippen LogP contribution in [0.3, 0.4) is 0 Å². The number of nitrogens with one attached hydrogen (secondary N) is 1. The average molecular weight is 291 g/mol. The third-order valence-corrected chi connectivity index (χ3v) is 4.45. The second-order valence-corrected chi connectivity index (χ2v) is 5.92. The van der Waals surface area contributed by atoms with Crippen molar-refractivity contribution in [1.29, 1.82) is 0 Å². The summed E-state index contributed by atoms with van der Waals surface area (Å²) in [5.41, 5.74) is 3.26. The lowest BCUT2D eigenvalue weighted by Crippen LogP contribution is -2.33. The van der Waals surface area contributed by atoms with Gasteiger partial charge < -0.3 is 20.3 Å². The molecule has 0 amide bonds. The van der Waals surface area contributed by atoms with E-state index in [1.54, 1.807) is 23.5 Å². The summed E-state index contributed by atoms with van der Waals surface area (Å²) < 4.78 is 5.81. The van der Waals surface area contributed by atoms with Crippen LogP contribution in [0.2, 0.25) is 0 Å². The Morgan fingerprint density at radius 1 is 1.30 bits per heavy atom. The van der Waals surface area contributed by atoms with Crippen molar-refractivity contribution in [3.05, 3.63) is 40.3 Å². The minimum Gasteiger partial charge on any atom is -0.504 e. The Bertz CT molecular complexity index is 624. The van der Waals surface area contributed by atoms with Gasteiger partial charge in [0.2, 0.25) is 0 Å². The summed E-state index contributed by atoms with van der Waals surface area (Å²) in [5.74, 6) is -0.136. The summed E-state index contributed by atoms with van der Waals surface area (Å²) >= 11 is 1.59. The molecule has 5 heteroatoms. The molecule has 3 N–H and O–H groups in total. The molecule has 2 heterocycles. The Morgan fingerprint density at radius 2 is 2.10 bits per heavy atom. The van der Waals surface area contributed by atoms with Crippen molar-refractivity contribution in [2.24, 2.45) is 0 Å². The third kappa shape index (κ3) is 2.59. The number of benzene rings is 1. The summed E-state index contributed by atoms with van der Waals surface area (Å²) in [7, 11) is 0. The second-order valence-electron chi connectivity index (χ2n) is 5.05. The van der Waals surface area contributed by atoms with Crippen LogP contribution < -0.4 is 10.1 Å². The molecule has 3 rings (SSSR count). The lowest BCUT2D eigenvalue weighted by Gasteiger charge is -2.27. The summed E-state index contributed by atoms with van der Waals surface area (Å²) in [5, 5.41) is 25.6. The summed E-state index contributed by atoms with van der Waals surface area (Å²) in [6.45, 7) is 3.39. The van der Waals surface area contributed by atoms with Crippen molar-refractivity contribution < 1.29 is 14.9 Å². The molecule has 0 spiro atoms. The Balaban J connectivity index is 1.77. The third-order valence-electron chi connectivity index (χ3n) is 3.50. The Labute approximate surface area is 121 Å². The van der Waals surface area contributed by atoms with E-state index in [1.165, 1.54) is 5.56 Å². The highest BCUT2D eigenvalue weighted by molar-refractivity contribution is 7.12. The first-order valence-corrected chi connectivity index (χ1v) is 7.47. The lowest BCUT2D eigenvalue weighted by molar-refractivity contribution is 0.267. The van der Waals surface area contributed by atoms with E-state index < -0.39 is 0 Å². The molecule has 0 fully saturated rings. The molecule has 2 aromatic rings. The highest BCUT2D eigenvalue weighted by atomic mass is 32.1. The monoisotopic (exact) mass is 291 g/mol. The van der Waals surface area contributed by atoms with Gasteiger partial charge in [-0.2, -0.15) is 0 Å². The molecular formula is C15H17NO3S. The van der Waals surface area contributed by atoms with Crippen molar-refractivity contribution in [3.8, 4) is 16.6 Å². The molecule has 1 aliphatic rings. The maximum atomic E-state index is 9.67. The molecule has 0 saturated heterocycles. The van der Waals surface area contributed by atoms with Gasteiger partial charge in [-0.15, -0.1) is 11.3 Å². The van der Waals surface area contributed by atoms with Crippen LogP contribution in [0.4, 0.5) is 0 Å². The van der Waals surface area contributed by atoms with E-state index in [2.05, 4.69) is 10.7 Å². The Morgan fingerprint density at radius 3 is 2.85 bits per heavy atom. The predicted octanol–water partition coefficient (Wildman–Crippen LogP) is 2.73. The van der Waals surface area contributed by atoms with Crippen LogP contribution >= 0.6 is 11.3 Å². The number of thiophene rings is 1. The minimum absolute atomic E-state index is 0.0349. The van der Waals surface area contributed by atoms with Crippen LogP contribution in [-0.2, 0) is 6.42 Å². The molecule has 0 saturated carbocycles. The molecule has 20 heavy (non-hydrogen) atoms. The van der Waals surface area contributed by atoms with Gasteiger partial charge in [-0.3, -0.25) is 0 Å². The molecule has 1 aliphatic heterocycles. The lowest BCUT2D eigenvalue weighted by atomic mass is 9.94. The van der Waals surface area contributed by atoms with Gasteiger partial charge >= 0.3 is 0 Å². The van der Waals surface area contributed by atoms with E-state index in [-0.39, 0.29) is 17.5 Å². The fourth-order valence-electron chi connectivity index (χ4n) is 2.46. The number of rotatable bonds is 3. The molecule has 106 valence electrons. The molecular weight excluding hydrogens is 274 g/mol. The number of phenolic OH excluding ortho intramolecular Hbond substituents is 2. The van der Waals surface area contributed by atoms with E-state index in [1.807, 2.05) is 13.0 Å². The first-order valence-electron chi connectivity index (χ1n) is 6.59. The van der Waals surface area contributed by atoms with Gasteiger partial charge in [-0.1, -0.05) is 0 Å². The van der Waals surface area contributed by atoms with Crippen molar-refractivity contribution >= 4 is 11.3 Å². The van der Waals surface area contributed by atoms with Crippen LogP contribution in [0.1, 0.15) is 22.7 Å². The van der Waals surface area contributed by atoms with Crippen LogP contribution in [0, 0.1) is 6.92 Å². The quantitative estimate of drug-likeness (QED) is 0.761. The fraction of sp³-hybridized carbons (Fsp3) is 0.333. The molecule has 4 nitrogen and oxygen atoms in total. The van der Waals surface area contributed by atoms with Crippen molar-refractivity contribution in [3.63, 3.8) is 0 Å². The van der Waals surface area contributed by atoms with E-state index in [0.29, 0.717) is 6.61 Å². The molecule has 1 aromatic heterocycles. The van der Waals surface area contributed by atoms with Crippen molar-refractivity contribution in [2.45, 2.75) is 19.4 Å². The van der Waals surface area contributed by atoms with Gasteiger partial charge in [0.05, 0.1) is 6.04 Å². The topological polar surface area (TPSA) is 61.7 Å². The van der Waals surface area contributed by atoms with Crippen LogP contribution in [0.15, 0.2) is 23.6 Å². The van der Waals surface area contributed by atoms with Gasteiger partial charge in [0.25, 0.3) is 0 Å². The number of ether oxygens (including phenoxy) is 1. The van der Waals surface area contributed by atoms with Gasteiger partial charge in [-0.25, -0.2) is 0 Å². The first-order chi connectivity index (χ1) is 9.63. The zero-order chi connectivity index (χ0) is 14.1. The van der Waals surface area contributed by atoms with Gasteiger partial charge in [-0.05, 0) is 60.2 Å². The van der Waals surface area contributed by atoms with E-state index in [0.717, 1.165) is 29.2 Å². The van der Waals surface area contributed by atoms with Crippen molar-refractivity contribution in [2.75, 3.05) is 13.2 Å². The minimum atomic E-state index is -0.0792. The molecule has 1 aromatic carbocycles. The van der Waals surface area contributed by atoms with Gasteiger partial charge in [0, 0.05) is 0 Å². The number of aromatic hydroxyl groups is 2. The maximum absolute atomic E-state index is 9.67. The summed E-state index contributed by atoms with van der Waals surface area (Å²) in [6.07, 6.45) is 0.845. The van der Waals surface area contributed by atoms with Gasteiger partial charge in [0.15, 0.2) is 16.6 Å². The van der Waals surface area contributed by atoms with E-state index >= 15 is 0 Å². The zero-order valence-corrected chi connectivity index (χ0v) is 12.0. The average Bonchev–Trinajstić information content (AvgIpc) is 2.84. The highest BCUT2D eigenvalue weighted by Gasteiger charge is 2.22. The smallest absolute Gasteiger partial charge is 0.174 e. The number of phenols is 2. The zero-order valence-electron chi connectivity index (χ0n) is 11.2. The maximum Gasteiger partial charge on any atom is 0.174 e. The van der Waals surface area contributed by atoms with Gasteiger partial charge in [0.1, 0.15) is 6.61 Å². The summed E-state index contributed by atoms with van der Waals surface area (Å²) in [6, 6.07) is 5.33. The van der Waals surface area contributed by atoms with Crippen LogP contribution in [-0.4, -0.2) is 23.4 Å². The standard InChI is InChI=1S/C15H17NO3S/c1-9-4-15(20-8-9)19-7-12-11-6-14(18)13(17)5-10(11)2-3-16-12/h4-6,8,12,16-18H,2-3,7H2,1H3. The number of hydrogen-bond donors (Lipinski definition) is 3. The molecule has 0 radical (unpaired) electrons. The Kier molecular flexibility index (Phi) is 3.54. The fourth-order valence-corrected chi connectivity index (χ4v) is 3.22. The van der Waals surface area contributed by atoms with Crippen LogP contribution in [0.25, 0.3) is 0 Å². The SMILES string of the molecule is Cc1csc(OCC2NCCc3cc(O)c(O)cc32)c1. The van der Waals surface area contributed by atoms with Crippen LogP contribution in [0.5, 0.6) is 16.6 Å². The number of hydrogen-bond acceptors (Lipinski definition) is 5. The molecule has 1 unspecified atom stereocenters. The molecule has 0 bridgehead atoms. The van der Waals surface area contributed by atoms with E-state index in [4.69, 9.17) is 4.74 Å². The first kappa shape index (κ1) is 13.3. The second kappa shape index (κ2) is 5.34. The Hall–Kier alpha value is -1.72. The van der Waals surface area contributed by atoms with E-state index in [9.17, 15) is 10.2 Å². The normalized spacial score (nSPS) is 17.8.